The number of nitrogens with one attached hydrogen (secondary N) is 1. The van der Waals surface area contributed by atoms with E-state index in [1.54, 1.807) is 12.1 Å². The van der Waals surface area contributed by atoms with E-state index in [1.165, 1.54) is 12.1 Å². The van der Waals surface area contributed by atoms with Gasteiger partial charge in [0.1, 0.15) is 0 Å². The van der Waals surface area contributed by atoms with E-state index in [1.807, 2.05) is 13.8 Å². The maximum absolute atomic E-state index is 11.7. The van der Waals surface area contributed by atoms with Crippen molar-refractivity contribution in [3.8, 4) is 0 Å². The van der Waals surface area contributed by atoms with Crippen LogP contribution >= 0.6 is 0 Å². The molecule has 19 heavy (non-hydrogen) atoms. The summed E-state index contributed by atoms with van der Waals surface area (Å²) >= 11 is 0. The summed E-state index contributed by atoms with van der Waals surface area (Å²) in [6.07, 6.45) is 2.38. The Morgan fingerprint density at radius 1 is 1.26 bits per heavy atom. The van der Waals surface area contributed by atoms with E-state index in [2.05, 4.69) is 5.32 Å². The van der Waals surface area contributed by atoms with Gasteiger partial charge in [-0.1, -0.05) is 26.0 Å². The molecule has 1 N–H and O–H groups in total. The molecule has 1 rings (SSSR count). The molecular formula is C14H20N2O3. The van der Waals surface area contributed by atoms with Crippen LogP contribution in [-0.4, -0.2) is 17.4 Å². The molecule has 1 aromatic rings. The Hall–Kier alpha value is -1.91. The fourth-order valence-corrected chi connectivity index (χ4v) is 1.92. The van der Waals surface area contributed by atoms with Crippen LogP contribution in [0.1, 0.15) is 32.3 Å². The van der Waals surface area contributed by atoms with Crippen LogP contribution in [-0.2, 0) is 11.2 Å². The summed E-state index contributed by atoms with van der Waals surface area (Å²) in [6, 6.07) is 6.42. The lowest BCUT2D eigenvalue weighted by molar-refractivity contribution is -0.384. The van der Waals surface area contributed by atoms with Crippen molar-refractivity contribution in [3.05, 3.63) is 39.9 Å². The Balaban J connectivity index is 2.41. The van der Waals surface area contributed by atoms with Gasteiger partial charge in [-0.05, 0) is 24.8 Å². The lowest BCUT2D eigenvalue weighted by atomic mass is 10.0. The van der Waals surface area contributed by atoms with E-state index >= 15 is 0 Å². The topological polar surface area (TPSA) is 72.2 Å². The van der Waals surface area contributed by atoms with Gasteiger partial charge < -0.3 is 5.32 Å². The third-order valence-electron chi connectivity index (χ3n) is 3.22. The Morgan fingerprint density at radius 2 is 1.84 bits per heavy atom. The minimum atomic E-state index is -0.418. The summed E-state index contributed by atoms with van der Waals surface area (Å²) in [4.78, 5) is 21.8. The predicted molar refractivity (Wildman–Crippen MR) is 73.9 cm³/mol. The van der Waals surface area contributed by atoms with Gasteiger partial charge in [0.15, 0.2) is 0 Å². The second kappa shape index (κ2) is 7.51. The van der Waals surface area contributed by atoms with Crippen LogP contribution in [0.15, 0.2) is 24.3 Å². The van der Waals surface area contributed by atoms with Crippen molar-refractivity contribution >= 4 is 11.6 Å². The molecule has 0 atom stereocenters. The zero-order valence-corrected chi connectivity index (χ0v) is 11.4. The maximum Gasteiger partial charge on any atom is 0.269 e. The highest BCUT2D eigenvalue weighted by molar-refractivity contribution is 5.78. The molecule has 1 amide bonds. The number of non-ortho nitro benzene ring substituents is 1. The number of carbonyl (C=O) groups excluding carboxylic acids is 1. The number of rotatable bonds is 7. The zero-order valence-electron chi connectivity index (χ0n) is 11.4. The monoisotopic (exact) mass is 264 g/mol. The summed E-state index contributed by atoms with van der Waals surface area (Å²) < 4.78 is 0. The molecule has 0 radical (unpaired) electrons. The van der Waals surface area contributed by atoms with Gasteiger partial charge in [0.25, 0.3) is 5.69 Å². The molecule has 0 bridgehead atoms. The molecule has 0 aliphatic heterocycles. The summed E-state index contributed by atoms with van der Waals surface area (Å²) in [5.74, 6) is 0.170. The van der Waals surface area contributed by atoms with E-state index in [0.29, 0.717) is 13.0 Å². The van der Waals surface area contributed by atoms with Crippen LogP contribution < -0.4 is 5.32 Å². The zero-order chi connectivity index (χ0) is 14.3. The highest BCUT2D eigenvalue weighted by Crippen LogP contribution is 2.12. The molecule has 5 heteroatoms. The molecule has 0 aliphatic rings. The highest BCUT2D eigenvalue weighted by atomic mass is 16.6. The van der Waals surface area contributed by atoms with Crippen LogP contribution in [0.5, 0.6) is 0 Å². The molecule has 0 saturated carbocycles. The van der Waals surface area contributed by atoms with Gasteiger partial charge in [0.05, 0.1) is 4.92 Å². The smallest absolute Gasteiger partial charge is 0.269 e. The number of nitro groups is 1. The van der Waals surface area contributed by atoms with Crippen molar-refractivity contribution in [2.24, 2.45) is 5.92 Å². The van der Waals surface area contributed by atoms with E-state index in [0.717, 1.165) is 18.4 Å². The van der Waals surface area contributed by atoms with Crippen LogP contribution in [0.25, 0.3) is 0 Å². The van der Waals surface area contributed by atoms with Crippen molar-refractivity contribution in [2.45, 2.75) is 33.1 Å². The van der Waals surface area contributed by atoms with Gasteiger partial charge in [-0.25, -0.2) is 0 Å². The lowest BCUT2D eigenvalue weighted by Gasteiger charge is -2.12. The molecule has 0 heterocycles. The SMILES string of the molecule is CCC(CC)C(=O)NCCc1ccc([N+](=O)[O-])cc1. The van der Waals surface area contributed by atoms with E-state index < -0.39 is 4.92 Å². The second-order valence-corrected chi connectivity index (χ2v) is 4.48. The Morgan fingerprint density at radius 3 is 2.32 bits per heavy atom. The molecule has 1 aromatic carbocycles. The largest absolute Gasteiger partial charge is 0.356 e. The van der Waals surface area contributed by atoms with E-state index in [-0.39, 0.29) is 17.5 Å². The molecule has 0 aliphatic carbocycles. The lowest BCUT2D eigenvalue weighted by Crippen LogP contribution is -2.31. The van der Waals surface area contributed by atoms with Crippen molar-refractivity contribution < 1.29 is 9.72 Å². The van der Waals surface area contributed by atoms with Crippen LogP contribution in [0.2, 0.25) is 0 Å². The minimum absolute atomic E-state index is 0.0804. The highest BCUT2D eigenvalue weighted by Gasteiger charge is 2.13. The minimum Gasteiger partial charge on any atom is -0.356 e. The van der Waals surface area contributed by atoms with Gasteiger partial charge in [-0.15, -0.1) is 0 Å². The molecule has 0 spiro atoms. The van der Waals surface area contributed by atoms with Crippen molar-refractivity contribution in [1.82, 2.24) is 5.32 Å². The molecule has 0 unspecified atom stereocenters. The first kappa shape index (κ1) is 15.1. The summed E-state index contributed by atoms with van der Waals surface area (Å²) in [7, 11) is 0. The van der Waals surface area contributed by atoms with Crippen molar-refractivity contribution in [3.63, 3.8) is 0 Å². The maximum atomic E-state index is 11.7. The first-order valence-corrected chi connectivity index (χ1v) is 6.59. The number of carbonyl (C=O) groups is 1. The summed E-state index contributed by atoms with van der Waals surface area (Å²) in [5, 5.41) is 13.4. The normalized spacial score (nSPS) is 10.5. The third kappa shape index (κ3) is 4.69. The second-order valence-electron chi connectivity index (χ2n) is 4.48. The van der Waals surface area contributed by atoms with Crippen LogP contribution in [0, 0.1) is 16.0 Å². The Labute approximate surface area is 113 Å². The molecule has 0 saturated heterocycles. The first-order chi connectivity index (χ1) is 9.08. The molecule has 0 fully saturated rings. The summed E-state index contributed by atoms with van der Waals surface area (Å²) in [5.41, 5.74) is 1.07. The van der Waals surface area contributed by atoms with Crippen LogP contribution in [0.3, 0.4) is 0 Å². The van der Waals surface area contributed by atoms with Gasteiger partial charge in [-0.2, -0.15) is 0 Å². The van der Waals surface area contributed by atoms with E-state index in [9.17, 15) is 14.9 Å². The number of nitro benzene ring substituents is 1. The molecule has 0 aromatic heterocycles. The van der Waals surface area contributed by atoms with Gasteiger partial charge >= 0.3 is 0 Å². The number of hydrogen-bond donors (Lipinski definition) is 1. The standard InChI is InChI=1S/C14H20N2O3/c1-3-12(4-2)14(17)15-10-9-11-5-7-13(8-6-11)16(18)19/h5-8,12H,3-4,9-10H2,1-2H3,(H,15,17). The molecule has 5 nitrogen and oxygen atoms in total. The number of nitrogens with zero attached hydrogens (tertiary/aromatic N) is 1. The van der Waals surface area contributed by atoms with Gasteiger partial charge in [-0.3, -0.25) is 14.9 Å². The van der Waals surface area contributed by atoms with Gasteiger partial charge in [0, 0.05) is 24.6 Å². The molecular weight excluding hydrogens is 244 g/mol. The predicted octanol–water partition coefficient (Wildman–Crippen LogP) is 2.69. The Bertz CT molecular complexity index is 425. The van der Waals surface area contributed by atoms with Crippen molar-refractivity contribution in [1.29, 1.82) is 0 Å². The number of hydrogen-bond acceptors (Lipinski definition) is 3. The first-order valence-electron chi connectivity index (χ1n) is 6.59. The quantitative estimate of drug-likeness (QED) is 0.608. The van der Waals surface area contributed by atoms with Gasteiger partial charge in [0.2, 0.25) is 5.91 Å². The average Bonchev–Trinajstić information content (AvgIpc) is 2.40. The fourth-order valence-electron chi connectivity index (χ4n) is 1.92. The van der Waals surface area contributed by atoms with E-state index in [4.69, 9.17) is 0 Å². The fraction of sp³-hybridized carbons (Fsp3) is 0.500. The molecule has 104 valence electrons. The number of amides is 1. The average molecular weight is 264 g/mol. The third-order valence-corrected chi connectivity index (χ3v) is 3.22. The number of benzene rings is 1. The van der Waals surface area contributed by atoms with Crippen LogP contribution in [0.4, 0.5) is 5.69 Å². The summed E-state index contributed by atoms with van der Waals surface area (Å²) in [6.45, 7) is 4.57. The Kier molecular flexibility index (Phi) is 5.99. The van der Waals surface area contributed by atoms with Crippen molar-refractivity contribution in [2.75, 3.05) is 6.54 Å².